The summed E-state index contributed by atoms with van der Waals surface area (Å²) in [4.78, 5) is 24.9. The molecule has 0 aliphatic rings. The Morgan fingerprint density at radius 2 is 1.69 bits per heavy atom. The highest BCUT2D eigenvalue weighted by atomic mass is 79.9. The first-order valence-corrected chi connectivity index (χ1v) is 11.5. The van der Waals surface area contributed by atoms with E-state index in [1.165, 1.54) is 0 Å². The van der Waals surface area contributed by atoms with Crippen LogP contribution in [0.5, 0.6) is 11.5 Å². The number of nitrogens with one attached hydrogen (secondary N) is 2. The van der Waals surface area contributed by atoms with Crippen molar-refractivity contribution in [1.29, 1.82) is 0 Å². The molecule has 0 saturated heterocycles. The molecule has 3 aromatic carbocycles. The molecule has 0 aliphatic carbocycles. The normalized spacial score (nSPS) is 10.6. The Balaban J connectivity index is 1.53. The van der Waals surface area contributed by atoms with Crippen LogP contribution in [0.1, 0.15) is 43.0 Å². The van der Waals surface area contributed by atoms with Crippen LogP contribution >= 0.6 is 15.9 Å². The molecule has 0 aromatic heterocycles. The SMILES string of the molecule is CCCCCCOc1ccc(Br)cc1C(=O)NNC(=O)COc1cccc2ccccc12. The molecule has 0 atom stereocenters. The van der Waals surface area contributed by atoms with Gasteiger partial charge in [0.1, 0.15) is 11.5 Å². The zero-order chi connectivity index (χ0) is 22.8. The van der Waals surface area contributed by atoms with Gasteiger partial charge in [0.15, 0.2) is 6.61 Å². The maximum absolute atomic E-state index is 12.6. The third-order valence-electron chi connectivity index (χ3n) is 4.87. The van der Waals surface area contributed by atoms with Gasteiger partial charge in [-0.2, -0.15) is 0 Å². The van der Waals surface area contributed by atoms with Crippen LogP contribution in [0.25, 0.3) is 10.8 Å². The van der Waals surface area contributed by atoms with Crippen LogP contribution < -0.4 is 20.3 Å². The third-order valence-corrected chi connectivity index (χ3v) is 5.36. The van der Waals surface area contributed by atoms with Gasteiger partial charge >= 0.3 is 0 Å². The lowest BCUT2D eigenvalue weighted by atomic mass is 10.1. The maximum Gasteiger partial charge on any atom is 0.276 e. The van der Waals surface area contributed by atoms with Crippen LogP contribution in [0.4, 0.5) is 0 Å². The van der Waals surface area contributed by atoms with Gasteiger partial charge in [0.2, 0.25) is 0 Å². The molecule has 3 rings (SSSR count). The van der Waals surface area contributed by atoms with E-state index in [-0.39, 0.29) is 6.61 Å². The molecule has 7 heteroatoms. The van der Waals surface area contributed by atoms with Crippen LogP contribution in [-0.4, -0.2) is 25.0 Å². The lowest BCUT2D eigenvalue weighted by molar-refractivity contribution is -0.123. The maximum atomic E-state index is 12.6. The topological polar surface area (TPSA) is 76.7 Å². The first-order valence-electron chi connectivity index (χ1n) is 10.7. The van der Waals surface area contributed by atoms with Gasteiger partial charge in [-0.05, 0) is 36.1 Å². The molecule has 0 spiro atoms. The summed E-state index contributed by atoms with van der Waals surface area (Å²) in [6.45, 7) is 2.46. The fourth-order valence-electron chi connectivity index (χ4n) is 3.21. The number of unbranched alkanes of at least 4 members (excludes halogenated alkanes) is 3. The number of carbonyl (C=O) groups is 2. The van der Waals surface area contributed by atoms with Crippen LogP contribution in [0.15, 0.2) is 65.1 Å². The van der Waals surface area contributed by atoms with Crippen LogP contribution in [0, 0.1) is 0 Å². The molecule has 6 nitrogen and oxygen atoms in total. The van der Waals surface area contributed by atoms with E-state index in [1.54, 1.807) is 18.2 Å². The summed E-state index contributed by atoms with van der Waals surface area (Å²) >= 11 is 3.37. The van der Waals surface area contributed by atoms with E-state index in [0.29, 0.717) is 23.7 Å². The predicted octanol–water partition coefficient (Wildman–Crippen LogP) is 5.40. The molecule has 0 radical (unpaired) electrons. The van der Waals surface area contributed by atoms with Crippen LogP contribution in [0.3, 0.4) is 0 Å². The average molecular weight is 499 g/mol. The number of hydrogen-bond donors (Lipinski definition) is 2. The number of ether oxygens (including phenoxy) is 2. The Morgan fingerprint density at radius 3 is 2.53 bits per heavy atom. The van der Waals surface area contributed by atoms with Crippen molar-refractivity contribution in [2.24, 2.45) is 0 Å². The fraction of sp³-hybridized carbons (Fsp3) is 0.280. The summed E-state index contributed by atoms with van der Waals surface area (Å²) in [6, 6.07) is 18.6. The second kappa shape index (κ2) is 12.1. The minimum atomic E-state index is -0.469. The number of rotatable bonds is 10. The zero-order valence-corrected chi connectivity index (χ0v) is 19.6. The summed E-state index contributed by atoms with van der Waals surface area (Å²) in [5, 5.41) is 1.94. The molecule has 0 aliphatic heterocycles. The molecule has 0 fully saturated rings. The quantitative estimate of drug-likeness (QED) is 0.289. The number of carbonyl (C=O) groups excluding carboxylic acids is 2. The Labute approximate surface area is 196 Å². The smallest absolute Gasteiger partial charge is 0.276 e. The molecule has 2 N–H and O–H groups in total. The predicted molar refractivity (Wildman–Crippen MR) is 129 cm³/mol. The van der Waals surface area contributed by atoms with Crippen molar-refractivity contribution in [1.82, 2.24) is 10.9 Å². The van der Waals surface area contributed by atoms with Gasteiger partial charge in [0.25, 0.3) is 11.8 Å². The molecule has 0 heterocycles. The minimum Gasteiger partial charge on any atom is -0.493 e. The van der Waals surface area contributed by atoms with E-state index >= 15 is 0 Å². The van der Waals surface area contributed by atoms with E-state index < -0.39 is 11.8 Å². The average Bonchev–Trinajstić information content (AvgIpc) is 2.81. The third kappa shape index (κ3) is 6.72. The molecular weight excluding hydrogens is 472 g/mol. The van der Waals surface area contributed by atoms with Gasteiger partial charge in [0.05, 0.1) is 12.2 Å². The molecule has 0 bridgehead atoms. The number of fused-ring (bicyclic) bond motifs is 1. The Hall–Kier alpha value is -3.06. The second-order valence-electron chi connectivity index (χ2n) is 7.32. The molecule has 0 unspecified atom stereocenters. The van der Waals surface area contributed by atoms with Crippen molar-refractivity contribution in [2.75, 3.05) is 13.2 Å². The van der Waals surface area contributed by atoms with Crippen molar-refractivity contribution in [3.05, 3.63) is 70.7 Å². The number of hydrogen-bond acceptors (Lipinski definition) is 4. The standard InChI is InChI=1S/C25H27BrN2O4/c1-2-3-4-7-15-31-23-14-13-19(26)16-21(23)25(30)28-27-24(29)17-32-22-12-8-10-18-9-5-6-11-20(18)22/h5-6,8-14,16H,2-4,7,15,17H2,1H3,(H,27,29)(H,28,30). The van der Waals surface area contributed by atoms with E-state index in [1.807, 2.05) is 42.5 Å². The van der Waals surface area contributed by atoms with E-state index in [2.05, 4.69) is 33.7 Å². The number of benzene rings is 3. The molecule has 3 aromatic rings. The van der Waals surface area contributed by atoms with Gasteiger partial charge < -0.3 is 9.47 Å². The number of amides is 2. The zero-order valence-electron chi connectivity index (χ0n) is 18.0. The molecule has 2 amide bonds. The van der Waals surface area contributed by atoms with Gasteiger partial charge in [-0.1, -0.05) is 78.5 Å². The first-order chi connectivity index (χ1) is 15.6. The highest BCUT2D eigenvalue weighted by Crippen LogP contribution is 2.25. The summed E-state index contributed by atoms with van der Waals surface area (Å²) in [6.07, 6.45) is 4.31. The van der Waals surface area contributed by atoms with E-state index in [9.17, 15) is 9.59 Å². The second-order valence-corrected chi connectivity index (χ2v) is 8.23. The summed E-state index contributed by atoms with van der Waals surface area (Å²) in [5.41, 5.74) is 5.16. The summed E-state index contributed by atoms with van der Waals surface area (Å²) in [7, 11) is 0. The van der Waals surface area contributed by atoms with Crippen molar-refractivity contribution >= 4 is 38.5 Å². The van der Waals surface area contributed by atoms with Gasteiger partial charge in [-0.15, -0.1) is 0 Å². The highest BCUT2D eigenvalue weighted by molar-refractivity contribution is 9.10. The molecule has 168 valence electrons. The number of hydrazine groups is 1. The van der Waals surface area contributed by atoms with Crippen molar-refractivity contribution in [2.45, 2.75) is 32.6 Å². The Bertz CT molecular complexity index is 1070. The molecular formula is C25H27BrN2O4. The summed E-state index contributed by atoms with van der Waals surface area (Å²) < 4.78 is 12.2. The Kier molecular flexibility index (Phi) is 8.92. The Morgan fingerprint density at radius 1 is 0.875 bits per heavy atom. The van der Waals surface area contributed by atoms with Gasteiger partial charge in [0, 0.05) is 9.86 Å². The highest BCUT2D eigenvalue weighted by Gasteiger charge is 2.15. The van der Waals surface area contributed by atoms with Gasteiger partial charge in [-0.3, -0.25) is 20.4 Å². The molecule has 0 saturated carbocycles. The lowest BCUT2D eigenvalue weighted by Crippen LogP contribution is -2.44. The van der Waals surface area contributed by atoms with Gasteiger partial charge in [-0.25, -0.2) is 0 Å². The largest absolute Gasteiger partial charge is 0.493 e. The summed E-state index contributed by atoms with van der Waals surface area (Å²) in [5.74, 6) is 0.149. The van der Waals surface area contributed by atoms with Crippen molar-refractivity contribution < 1.29 is 19.1 Å². The lowest BCUT2D eigenvalue weighted by Gasteiger charge is -2.13. The van der Waals surface area contributed by atoms with Crippen molar-refractivity contribution in [3.63, 3.8) is 0 Å². The van der Waals surface area contributed by atoms with E-state index in [0.717, 1.165) is 40.9 Å². The fourth-order valence-corrected chi connectivity index (χ4v) is 3.57. The minimum absolute atomic E-state index is 0.229. The monoisotopic (exact) mass is 498 g/mol. The van der Waals surface area contributed by atoms with E-state index in [4.69, 9.17) is 9.47 Å². The van der Waals surface area contributed by atoms with Crippen LogP contribution in [-0.2, 0) is 4.79 Å². The van der Waals surface area contributed by atoms with Crippen LogP contribution in [0.2, 0.25) is 0 Å². The number of halogens is 1. The first kappa shape index (κ1) is 23.6. The molecule has 32 heavy (non-hydrogen) atoms. The van der Waals surface area contributed by atoms with Crippen molar-refractivity contribution in [3.8, 4) is 11.5 Å².